The van der Waals surface area contributed by atoms with Gasteiger partial charge >= 0.3 is 0 Å². The second-order valence-electron chi connectivity index (χ2n) is 5.21. The molecule has 0 fully saturated rings. The van der Waals surface area contributed by atoms with Crippen molar-refractivity contribution in [2.45, 2.75) is 6.54 Å². The standard InChI is InChI=1S/C18H18N2O6/c1-25-15-6-3-12(17(10-15)26-2)4-8-18(22)19-11-13-9-14(20(23)24)5-7-16(13)21/h3-10,21H,11H2,1-2H3,(H,19,22)/p-1/b8-4+. The molecule has 0 aliphatic rings. The Bertz CT molecular complexity index is 848. The monoisotopic (exact) mass is 357 g/mol. The number of nitrogens with one attached hydrogen (secondary N) is 1. The van der Waals surface area contributed by atoms with Gasteiger partial charge < -0.3 is 19.9 Å². The lowest BCUT2D eigenvalue weighted by molar-refractivity contribution is -0.385. The maximum atomic E-state index is 11.9. The molecule has 0 aliphatic carbocycles. The summed E-state index contributed by atoms with van der Waals surface area (Å²) in [6.07, 6.45) is 2.84. The fourth-order valence-corrected chi connectivity index (χ4v) is 2.18. The third-order valence-corrected chi connectivity index (χ3v) is 3.56. The second-order valence-corrected chi connectivity index (χ2v) is 5.21. The molecule has 8 heteroatoms. The molecule has 2 aromatic carbocycles. The normalized spacial score (nSPS) is 10.5. The molecule has 0 spiro atoms. The number of nitro groups is 1. The van der Waals surface area contributed by atoms with Gasteiger partial charge in [-0.2, -0.15) is 0 Å². The fraction of sp³-hybridized carbons (Fsp3) is 0.167. The van der Waals surface area contributed by atoms with E-state index in [4.69, 9.17) is 9.47 Å². The Morgan fingerprint density at radius 1 is 1.19 bits per heavy atom. The van der Waals surface area contributed by atoms with Crippen molar-refractivity contribution < 1.29 is 24.3 Å². The molecule has 2 rings (SSSR count). The number of benzene rings is 2. The van der Waals surface area contributed by atoms with E-state index in [1.165, 1.54) is 20.3 Å². The minimum absolute atomic E-state index is 0.108. The molecule has 0 saturated carbocycles. The van der Waals surface area contributed by atoms with Gasteiger partial charge in [-0.3, -0.25) is 14.9 Å². The van der Waals surface area contributed by atoms with E-state index < -0.39 is 10.8 Å². The predicted molar refractivity (Wildman–Crippen MR) is 93.0 cm³/mol. The molecule has 26 heavy (non-hydrogen) atoms. The number of nitro benzene ring substituents is 1. The minimum atomic E-state index is -0.597. The van der Waals surface area contributed by atoms with E-state index in [-0.39, 0.29) is 23.5 Å². The van der Waals surface area contributed by atoms with Crippen LogP contribution < -0.4 is 19.9 Å². The third-order valence-electron chi connectivity index (χ3n) is 3.56. The van der Waals surface area contributed by atoms with Crippen LogP contribution in [0.1, 0.15) is 11.1 Å². The highest BCUT2D eigenvalue weighted by atomic mass is 16.6. The van der Waals surface area contributed by atoms with Crippen LogP contribution in [0.2, 0.25) is 0 Å². The number of nitrogens with zero attached hydrogens (tertiary/aromatic N) is 1. The number of rotatable bonds is 7. The summed E-state index contributed by atoms with van der Waals surface area (Å²) in [5.74, 6) is 0.330. The molecule has 0 unspecified atom stereocenters. The lowest BCUT2D eigenvalue weighted by Crippen LogP contribution is -2.21. The Labute approximate surface area is 149 Å². The Kier molecular flexibility index (Phi) is 6.15. The summed E-state index contributed by atoms with van der Waals surface area (Å²) in [5, 5.41) is 25.0. The topological polar surface area (TPSA) is 114 Å². The van der Waals surface area contributed by atoms with Gasteiger partial charge in [-0.05, 0) is 23.8 Å². The average Bonchev–Trinajstić information content (AvgIpc) is 2.65. The fourth-order valence-electron chi connectivity index (χ4n) is 2.18. The van der Waals surface area contributed by atoms with Crippen LogP contribution in [-0.4, -0.2) is 25.1 Å². The summed E-state index contributed by atoms with van der Waals surface area (Å²) in [5.41, 5.74) is 0.610. The maximum absolute atomic E-state index is 11.9. The van der Waals surface area contributed by atoms with E-state index in [1.54, 1.807) is 24.3 Å². The quantitative estimate of drug-likeness (QED) is 0.461. The van der Waals surface area contributed by atoms with Crippen LogP contribution in [0.15, 0.2) is 42.5 Å². The van der Waals surface area contributed by atoms with Crippen LogP contribution >= 0.6 is 0 Å². The number of ether oxygens (including phenoxy) is 2. The Morgan fingerprint density at radius 3 is 2.62 bits per heavy atom. The van der Waals surface area contributed by atoms with Crippen molar-refractivity contribution in [1.29, 1.82) is 0 Å². The first-order valence-electron chi connectivity index (χ1n) is 7.57. The summed E-state index contributed by atoms with van der Waals surface area (Å²) < 4.78 is 10.3. The molecule has 1 N–H and O–H groups in total. The van der Waals surface area contributed by atoms with Crippen LogP contribution in [0.25, 0.3) is 6.08 Å². The van der Waals surface area contributed by atoms with Gasteiger partial charge in [0.1, 0.15) is 11.5 Å². The van der Waals surface area contributed by atoms with Crippen molar-refractivity contribution in [3.05, 3.63) is 63.7 Å². The predicted octanol–water partition coefficient (Wildman–Crippen LogP) is 2.02. The van der Waals surface area contributed by atoms with E-state index in [1.807, 2.05) is 0 Å². The molecule has 0 saturated heterocycles. The average molecular weight is 357 g/mol. The summed E-state index contributed by atoms with van der Waals surface area (Å²) in [6, 6.07) is 8.54. The Hall–Kier alpha value is -3.55. The number of non-ortho nitro benzene ring substituents is 1. The number of hydrogen-bond acceptors (Lipinski definition) is 6. The number of carbonyl (C=O) groups is 1. The highest BCUT2D eigenvalue weighted by Gasteiger charge is 2.08. The Balaban J connectivity index is 2.04. The summed E-state index contributed by atoms with van der Waals surface area (Å²) in [6.45, 7) is -0.108. The SMILES string of the molecule is COc1ccc(/C=C/C(=O)NCc2cc([N+](=O)[O-])ccc2[O-])c(OC)c1. The van der Waals surface area contributed by atoms with Gasteiger partial charge in [0, 0.05) is 36.4 Å². The molecule has 0 heterocycles. The Morgan fingerprint density at radius 2 is 1.96 bits per heavy atom. The van der Waals surface area contributed by atoms with Crippen molar-refractivity contribution in [2.24, 2.45) is 0 Å². The molecule has 1 amide bonds. The molecule has 0 bridgehead atoms. The van der Waals surface area contributed by atoms with E-state index in [0.717, 1.165) is 18.2 Å². The van der Waals surface area contributed by atoms with Gasteiger partial charge in [0.05, 0.1) is 19.1 Å². The molecule has 0 radical (unpaired) electrons. The zero-order chi connectivity index (χ0) is 19.1. The summed E-state index contributed by atoms with van der Waals surface area (Å²) in [4.78, 5) is 22.1. The van der Waals surface area contributed by atoms with Crippen LogP contribution in [0.4, 0.5) is 5.69 Å². The molecular formula is C18H17N2O6-. The molecule has 136 valence electrons. The van der Waals surface area contributed by atoms with Gasteiger partial charge in [0.25, 0.3) is 5.69 Å². The van der Waals surface area contributed by atoms with Crippen LogP contribution in [0.5, 0.6) is 17.2 Å². The van der Waals surface area contributed by atoms with Gasteiger partial charge in [0.15, 0.2) is 0 Å². The molecule has 2 aromatic rings. The van der Waals surface area contributed by atoms with Crippen LogP contribution in [-0.2, 0) is 11.3 Å². The van der Waals surface area contributed by atoms with E-state index in [2.05, 4.69) is 5.32 Å². The highest BCUT2D eigenvalue weighted by Crippen LogP contribution is 2.25. The molecule has 0 aromatic heterocycles. The lowest BCUT2D eigenvalue weighted by atomic mass is 10.1. The molecule has 0 aliphatic heterocycles. The minimum Gasteiger partial charge on any atom is -0.872 e. The number of carbonyl (C=O) groups excluding carboxylic acids is 1. The van der Waals surface area contributed by atoms with Gasteiger partial charge in [-0.15, -0.1) is 5.75 Å². The van der Waals surface area contributed by atoms with Crippen molar-refractivity contribution in [1.82, 2.24) is 5.32 Å². The number of methoxy groups -OCH3 is 2. The molecular weight excluding hydrogens is 340 g/mol. The second kappa shape index (κ2) is 8.52. The third kappa shape index (κ3) is 4.73. The number of amides is 1. The molecule has 0 atom stereocenters. The van der Waals surface area contributed by atoms with Crippen LogP contribution in [0, 0.1) is 10.1 Å². The van der Waals surface area contributed by atoms with Crippen molar-refractivity contribution in [3.63, 3.8) is 0 Å². The summed E-state index contributed by atoms with van der Waals surface area (Å²) >= 11 is 0. The van der Waals surface area contributed by atoms with Crippen molar-refractivity contribution >= 4 is 17.7 Å². The van der Waals surface area contributed by atoms with Crippen molar-refractivity contribution in [3.8, 4) is 17.2 Å². The first-order valence-corrected chi connectivity index (χ1v) is 7.57. The first-order chi connectivity index (χ1) is 12.4. The zero-order valence-electron chi connectivity index (χ0n) is 14.2. The van der Waals surface area contributed by atoms with E-state index >= 15 is 0 Å². The lowest BCUT2D eigenvalue weighted by Gasteiger charge is -2.13. The van der Waals surface area contributed by atoms with E-state index in [0.29, 0.717) is 17.1 Å². The van der Waals surface area contributed by atoms with Gasteiger partial charge in [0.2, 0.25) is 5.91 Å². The smallest absolute Gasteiger partial charge is 0.269 e. The number of hydrogen-bond donors (Lipinski definition) is 1. The van der Waals surface area contributed by atoms with Gasteiger partial charge in [-0.25, -0.2) is 0 Å². The molecule has 8 nitrogen and oxygen atoms in total. The van der Waals surface area contributed by atoms with Crippen molar-refractivity contribution in [2.75, 3.05) is 14.2 Å². The van der Waals surface area contributed by atoms with Gasteiger partial charge in [-0.1, -0.05) is 6.07 Å². The van der Waals surface area contributed by atoms with Crippen LogP contribution in [0.3, 0.4) is 0 Å². The zero-order valence-corrected chi connectivity index (χ0v) is 14.2. The largest absolute Gasteiger partial charge is 0.872 e. The summed E-state index contributed by atoms with van der Waals surface area (Å²) in [7, 11) is 3.04. The highest BCUT2D eigenvalue weighted by molar-refractivity contribution is 5.92. The maximum Gasteiger partial charge on any atom is 0.269 e. The van der Waals surface area contributed by atoms with E-state index in [9.17, 15) is 20.0 Å². The first kappa shape index (κ1) is 18.8.